The minimum Gasteiger partial charge on any atom is -0.497 e. The number of ether oxygens (including phenoxy) is 2. The minimum absolute atomic E-state index is 0. The average Bonchev–Trinajstić information content (AvgIpc) is 3.20. The maximum absolute atomic E-state index is 12.3. The number of rotatable bonds is 8. The first-order chi connectivity index (χ1) is 13.2. The molecular weight excluding hydrogens is 376 g/mol. The van der Waals surface area contributed by atoms with Crippen molar-refractivity contribution in [1.29, 1.82) is 0 Å². The van der Waals surface area contributed by atoms with Crippen LogP contribution < -0.4 is 20.5 Å². The molecular formula is C22H29ClN2O3. The van der Waals surface area contributed by atoms with Crippen molar-refractivity contribution in [2.24, 2.45) is 5.73 Å². The van der Waals surface area contributed by atoms with E-state index >= 15 is 0 Å². The van der Waals surface area contributed by atoms with Crippen LogP contribution in [-0.2, 0) is 11.3 Å². The van der Waals surface area contributed by atoms with E-state index in [1.54, 1.807) is 7.11 Å². The van der Waals surface area contributed by atoms with E-state index < -0.39 is 0 Å². The summed E-state index contributed by atoms with van der Waals surface area (Å²) >= 11 is 0. The molecule has 152 valence electrons. The van der Waals surface area contributed by atoms with Gasteiger partial charge in [-0.1, -0.05) is 30.3 Å². The molecule has 1 saturated carbocycles. The van der Waals surface area contributed by atoms with Crippen molar-refractivity contribution >= 4 is 18.3 Å². The third-order valence-corrected chi connectivity index (χ3v) is 4.98. The molecule has 0 saturated heterocycles. The average molecular weight is 405 g/mol. The normalized spacial score (nSPS) is 14.8. The van der Waals surface area contributed by atoms with Gasteiger partial charge in [0.15, 0.2) is 0 Å². The Labute approximate surface area is 173 Å². The first kappa shape index (κ1) is 22.1. The van der Waals surface area contributed by atoms with Gasteiger partial charge < -0.3 is 20.5 Å². The number of amides is 1. The third-order valence-electron chi connectivity index (χ3n) is 4.98. The van der Waals surface area contributed by atoms with Gasteiger partial charge in [-0.3, -0.25) is 4.79 Å². The van der Waals surface area contributed by atoms with E-state index in [9.17, 15) is 4.79 Å². The summed E-state index contributed by atoms with van der Waals surface area (Å²) < 4.78 is 11.5. The molecule has 1 atom stereocenters. The maximum atomic E-state index is 12.3. The Morgan fingerprint density at radius 3 is 2.57 bits per heavy atom. The molecule has 0 aliphatic heterocycles. The number of benzene rings is 2. The smallest absolute Gasteiger partial charge is 0.222 e. The van der Waals surface area contributed by atoms with E-state index in [1.165, 1.54) is 12.8 Å². The summed E-state index contributed by atoms with van der Waals surface area (Å²) in [5.41, 5.74) is 8.05. The Morgan fingerprint density at radius 2 is 1.89 bits per heavy atom. The zero-order chi connectivity index (χ0) is 19.1. The molecule has 1 aliphatic rings. The van der Waals surface area contributed by atoms with Crippen LogP contribution >= 0.6 is 12.4 Å². The lowest BCUT2D eigenvalue weighted by Crippen LogP contribution is -2.27. The molecule has 0 spiro atoms. The molecule has 1 amide bonds. The fraction of sp³-hybridized carbons (Fsp3) is 0.409. The van der Waals surface area contributed by atoms with Crippen LogP contribution in [0.3, 0.4) is 0 Å². The minimum atomic E-state index is -0.309. The van der Waals surface area contributed by atoms with Crippen LogP contribution in [0, 0.1) is 0 Å². The van der Waals surface area contributed by atoms with Crippen molar-refractivity contribution in [3.05, 3.63) is 59.7 Å². The molecule has 0 aromatic heterocycles. The highest BCUT2D eigenvalue weighted by atomic mass is 35.5. The number of hydrogen-bond acceptors (Lipinski definition) is 4. The molecule has 1 fully saturated rings. The number of carbonyl (C=O) groups excluding carboxylic acids is 1. The van der Waals surface area contributed by atoms with Crippen molar-refractivity contribution in [2.75, 3.05) is 7.11 Å². The molecule has 0 radical (unpaired) electrons. The molecule has 1 aliphatic carbocycles. The second-order valence-electron chi connectivity index (χ2n) is 7.00. The molecule has 1 unspecified atom stereocenters. The van der Waals surface area contributed by atoms with Crippen molar-refractivity contribution in [3.63, 3.8) is 0 Å². The second-order valence-corrected chi connectivity index (χ2v) is 7.00. The fourth-order valence-electron chi connectivity index (χ4n) is 3.39. The largest absolute Gasteiger partial charge is 0.497 e. The molecule has 0 heterocycles. The molecule has 3 rings (SSSR count). The maximum Gasteiger partial charge on any atom is 0.222 e. The summed E-state index contributed by atoms with van der Waals surface area (Å²) in [6.45, 7) is 0.409. The van der Waals surface area contributed by atoms with E-state index in [-0.39, 0.29) is 36.9 Å². The number of nitrogens with one attached hydrogen (secondary N) is 1. The van der Waals surface area contributed by atoms with Gasteiger partial charge in [-0.25, -0.2) is 0 Å². The Hall–Kier alpha value is -2.24. The van der Waals surface area contributed by atoms with Gasteiger partial charge in [0.25, 0.3) is 0 Å². The summed E-state index contributed by atoms with van der Waals surface area (Å²) in [5, 5.41) is 2.96. The van der Waals surface area contributed by atoms with Gasteiger partial charge in [0.1, 0.15) is 11.5 Å². The van der Waals surface area contributed by atoms with Crippen molar-refractivity contribution in [2.45, 2.75) is 50.8 Å². The van der Waals surface area contributed by atoms with Gasteiger partial charge in [0.05, 0.1) is 13.2 Å². The molecule has 6 heteroatoms. The lowest BCUT2D eigenvalue weighted by atomic mass is 10.0. The highest BCUT2D eigenvalue weighted by Gasteiger charge is 2.19. The van der Waals surface area contributed by atoms with E-state index in [1.807, 2.05) is 48.5 Å². The fourth-order valence-corrected chi connectivity index (χ4v) is 3.39. The number of methoxy groups -OCH3 is 1. The van der Waals surface area contributed by atoms with Crippen LogP contribution in [0.15, 0.2) is 48.5 Å². The Bertz CT molecular complexity index is 749. The summed E-state index contributed by atoms with van der Waals surface area (Å²) in [7, 11) is 1.64. The highest BCUT2D eigenvalue weighted by Crippen LogP contribution is 2.30. The SMILES string of the molecule is COc1ccc(CNC(=O)CC(N)c2ccccc2)c(OC2CCCC2)c1.Cl. The zero-order valence-corrected chi connectivity index (χ0v) is 17.0. The molecule has 2 aromatic carbocycles. The zero-order valence-electron chi connectivity index (χ0n) is 16.2. The van der Waals surface area contributed by atoms with E-state index in [2.05, 4.69) is 5.32 Å². The lowest BCUT2D eigenvalue weighted by Gasteiger charge is -2.18. The van der Waals surface area contributed by atoms with Gasteiger partial charge >= 0.3 is 0 Å². The van der Waals surface area contributed by atoms with Gasteiger partial charge in [-0.15, -0.1) is 12.4 Å². The van der Waals surface area contributed by atoms with Crippen molar-refractivity contribution < 1.29 is 14.3 Å². The Morgan fingerprint density at radius 1 is 1.18 bits per heavy atom. The van der Waals surface area contributed by atoms with Crippen LogP contribution in [-0.4, -0.2) is 19.1 Å². The standard InChI is InChI=1S/C22H28N2O3.ClH/c1-26-19-12-11-17(21(13-19)27-18-9-5-6-10-18)15-24-22(25)14-20(23)16-7-3-2-4-8-16;/h2-4,7-8,11-13,18,20H,5-6,9-10,14-15,23H2,1H3,(H,24,25);1H. The summed E-state index contributed by atoms with van der Waals surface area (Å²) in [4.78, 5) is 12.3. The van der Waals surface area contributed by atoms with Crippen LogP contribution in [0.5, 0.6) is 11.5 Å². The number of nitrogens with two attached hydrogens (primary N) is 1. The van der Waals surface area contributed by atoms with Gasteiger partial charge in [0, 0.05) is 30.6 Å². The summed E-state index contributed by atoms with van der Waals surface area (Å²) in [5.74, 6) is 1.46. The molecule has 0 bridgehead atoms. The van der Waals surface area contributed by atoms with Crippen LogP contribution in [0.25, 0.3) is 0 Å². The molecule has 5 nitrogen and oxygen atoms in total. The topological polar surface area (TPSA) is 73.6 Å². The Kier molecular flexibility index (Phi) is 8.61. The monoisotopic (exact) mass is 404 g/mol. The summed E-state index contributed by atoms with van der Waals surface area (Å²) in [6.07, 6.45) is 5.07. The Balaban J connectivity index is 0.00000280. The van der Waals surface area contributed by atoms with Crippen molar-refractivity contribution in [1.82, 2.24) is 5.32 Å². The molecule has 2 aromatic rings. The van der Waals surface area contributed by atoms with Gasteiger partial charge in [-0.2, -0.15) is 0 Å². The molecule has 28 heavy (non-hydrogen) atoms. The van der Waals surface area contributed by atoms with E-state index in [0.29, 0.717) is 6.54 Å². The second kappa shape index (κ2) is 10.9. The summed E-state index contributed by atoms with van der Waals surface area (Å²) in [6, 6.07) is 15.1. The van der Waals surface area contributed by atoms with Crippen LogP contribution in [0.1, 0.15) is 49.3 Å². The van der Waals surface area contributed by atoms with E-state index in [4.69, 9.17) is 15.2 Å². The van der Waals surface area contributed by atoms with Crippen LogP contribution in [0.4, 0.5) is 0 Å². The van der Waals surface area contributed by atoms with Crippen molar-refractivity contribution in [3.8, 4) is 11.5 Å². The first-order valence-corrected chi connectivity index (χ1v) is 9.56. The highest BCUT2D eigenvalue weighted by molar-refractivity contribution is 5.85. The number of carbonyl (C=O) groups is 1. The third kappa shape index (κ3) is 6.14. The van der Waals surface area contributed by atoms with Gasteiger partial charge in [0.2, 0.25) is 5.91 Å². The van der Waals surface area contributed by atoms with Crippen LogP contribution in [0.2, 0.25) is 0 Å². The number of halogens is 1. The van der Waals surface area contributed by atoms with E-state index in [0.717, 1.165) is 35.5 Å². The quantitative estimate of drug-likeness (QED) is 0.693. The predicted molar refractivity (Wildman–Crippen MR) is 113 cm³/mol. The molecule has 3 N–H and O–H groups in total. The first-order valence-electron chi connectivity index (χ1n) is 9.56. The predicted octanol–water partition coefficient (Wildman–Crippen LogP) is 4.14. The number of hydrogen-bond donors (Lipinski definition) is 2. The lowest BCUT2D eigenvalue weighted by molar-refractivity contribution is -0.121. The van der Waals surface area contributed by atoms with Gasteiger partial charge in [-0.05, 0) is 43.4 Å².